The normalized spacial score (nSPS) is 11.8. The van der Waals surface area contributed by atoms with E-state index in [2.05, 4.69) is 21.2 Å². The lowest BCUT2D eigenvalue weighted by atomic mass is 10.2. The summed E-state index contributed by atoms with van der Waals surface area (Å²) >= 11 is 9.22. The fourth-order valence-electron chi connectivity index (χ4n) is 2.31. The number of amides is 1. The first-order chi connectivity index (χ1) is 12.7. The predicted octanol–water partition coefficient (Wildman–Crippen LogP) is 4.07. The molecule has 0 unspecified atom stereocenters. The average molecular weight is 474 g/mol. The van der Waals surface area contributed by atoms with Crippen molar-refractivity contribution in [3.63, 3.8) is 0 Å². The van der Waals surface area contributed by atoms with E-state index >= 15 is 0 Å². The minimum atomic E-state index is -3.86. The molecular formula is C19H22BrClN2O3S. The standard InChI is InChI=1S/C19H22BrClN2O3S/c1-14(2)11-22-19(24)13-23(12-15-3-5-16(20)6-4-15)27(25,26)18-9-7-17(21)8-10-18/h3-10,14H,11-13H2,1-2H3,(H,22,24). The van der Waals surface area contributed by atoms with Crippen molar-refractivity contribution in [3.05, 3.63) is 63.6 Å². The van der Waals surface area contributed by atoms with E-state index in [1.165, 1.54) is 28.6 Å². The molecular weight excluding hydrogens is 452 g/mol. The van der Waals surface area contributed by atoms with Crippen LogP contribution in [0.5, 0.6) is 0 Å². The molecule has 0 saturated carbocycles. The van der Waals surface area contributed by atoms with Crippen LogP contribution in [0.25, 0.3) is 0 Å². The first-order valence-electron chi connectivity index (χ1n) is 8.45. The molecule has 0 fully saturated rings. The van der Waals surface area contributed by atoms with Crippen LogP contribution in [0.1, 0.15) is 19.4 Å². The van der Waals surface area contributed by atoms with E-state index in [0.717, 1.165) is 10.0 Å². The van der Waals surface area contributed by atoms with Crippen LogP contribution in [0.3, 0.4) is 0 Å². The van der Waals surface area contributed by atoms with Crippen molar-refractivity contribution in [2.24, 2.45) is 5.92 Å². The smallest absolute Gasteiger partial charge is 0.243 e. The van der Waals surface area contributed by atoms with Gasteiger partial charge >= 0.3 is 0 Å². The monoisotopic (exact) mass is 472 g/mol. The second-order valence-electron chi connectivity index (χ2n) is 6.55. The van der Waals surface area contributed by atoms with Crippen LogP contribution < -0.4 is 5.32 Å². The zero-order valence-corrected chi connectivity index (χ0v) is 18.3. The van der Waals surface area contributed by atoms with Crippen molar-refractivity contribution < 1.29 is 13.2 Å². The molecule has 5 nitrogen and oxygen atoms in total. The van der Waals surface area contributed by atoms with Gasteiger partial charge in [0.25, 0.3) is 0 Å². The van der Waals surface area contributed by atoms with Crippen LogP contribution in [0.2, 0.25) is 5.02 Å². The highest BCUT2D eigenvalue weighted by Crippen LogP contribution is 2.21. The molecule has 0 aliphatic rings. The molecule has 0 radical (unpaired) electrons. The summed E-state index contributed by atoms with van der Waals surface area (Å²) in [4.78, 5) is 12.4. The van der Waals surface area contributed by atoms with Gasteiger partial charge in [-0.1, -0.05) is 53.5 Å². The maximum Gasteiger partial charge on any atom is 0.243 e. The number of carbonyl (C=O) groups excluding carboxylic acids is 1. The van der Waals surface area contributed by atoms with Crippen molar-refractivity contribution in [2.45, 2.75) is 25.3 Å². The SMILES string of the molecule is CC(C)CNC(=O)CN(Cc1ccc(Br)cc1)S(=O)(=O)c1ccc(Cl)cc1. The molecule has 146 valence electrons. The zero-order valence-electron chi connectivity index (χ0n) is 15.2. The molecule has 8 heteroatoms. The van der Waals surface area contributed by atoms with Crippen molar-refractivity contribution in [2.75, 3.05) is 13.1 Å². The molecule has 0 heterocycles. The number of sulfonamides is 1. The lowest BCUT2D eigenvalue weighted by Gasteiger charge is -2.22. The average Bonchev–Trinajstić information content (AvgIpc) is 2.61. The summed E-state index contributed by atoms with van der Waals surface area (Å²) in [7, 11) is -3.86. The summed E-state index contributed by atoms with van der Waals surface area (Å²) in [6.07, 6.45) is 0. The molecule has 1 N–H and O–H groups in total. The second-order valence-corrected chi connectivity index (χ2v) is 9.84. The predicted molar refractivity (Wildman–Crippen MR) is 111 cm³/mol. The fourth-order valence-corrected chi connectivity index (χ4v) is 4.08. The summed E-state index contributed by atoms with van der Waals surface area (Å²) < 4.78 is 28.2. The molecule has 2 aromatic carbocycles. The molecule has 27 heavy (non-hydrogen) atoms. The van der Waals surface area contributed by atoms with Crippen LogP contribution in [-0.4, -0.2) is 31.7 Å². The van der Waals surface area contributed by atoms with Gasteiger partial charge < -0.3 is 5.32 Å². The van der Waals surface area contributed by atoms with Crippen LogP contribution in [-0.2, 0) is 21.4 Å². The zero-order chi connectivity index (χ0) is 20.0. The molecule has 2 aromatic rings. The van der Waals surface area contributed by atoms with Gasteiger partial charge in [-0.3, -0.25) is 4.79 Å². The van der Waals surface area contributed by atoms with Gasteiger partial charge in [-0.25, -0.2) is 8.42 Å². The molecule has 0 aliphatic heterocycles. The van der Waals surface area contributed by atoms with Crippen LogP contribution in [0, 0.1) is 5.92 Å². The number of rotatable bonds is 8. The van der Waals surface area contributed by atoms with Crippen LogP contribution in [0.4, 0.5) is 0 Å². The Morgan fingerprint density at radius 2 is 1.70 bits per heavy atom. The lowest BCUT2D eigenvalue weighted by molar-refractivity contribution is -0.121. The highest BCUT2D eigenvalue weighted by atomic mass is 79.9. The van der Waals surface area contributed by atoms with Gasteiger partial charge in [-0.2, -0.15) is 4.31 Å². The number of carbonyl (C=O) groups is 1. The Morgan fingerprint density at radius 3 is 2.26 bits per heavy atom. The van der Waals surface area contributed by atoms with Crippen LogP contribution >= 0.6 is 27.5 Å². The van der Waals surface area contributed by atoms with E-state index in [9.17, 15) is 13.2 Å². The van der Waals surface area contributed by atoms with Crippen molar-refractivity contribution >= 4 is 43.5 Å². The molecule has 2 rings (SSSR count). The van der Waals surface area contributed by atoms with Gasteiger partial charge in [-0.05, 0) is 47.9 Å². The third-order valence-electron chi connectivity index (χ3n) is 3.75. The van der Waals surface area contributed by atoms with Gasteiger partial charge in [0, 0.05) is 22.6 Å². The van der Waals surface area contributed by atoms with E-state index < -0.39 is 10.0 Å². The first kappa shape index (κ1) is 21.9. The van der Waals surface area contributed by atoms with Gasteiger partial charge in [-0.15, -0.1) is 0 Å². The Kier molecular flexibility index (Phi) is 7.85. The number of hydrogen-bond acceptors (Lipinski definition) is 3. The number of hydrogen-bond donors (Lipinski definition) is 1. The topological polar surface area (TPSA) is 66.5 Å². The van der Waals surface area contributed by atoms with Crippen LogP contribution in [0.15, 0.2) is 57.9 Å². The van der Waals surface area contributed by atoms with Gasteiger partial charge in [0.15, 0.2) is 0 Å². The molecule has 0 bridgehead atoms. The maximum absolute atomic E-state index is 13.1. The summed E-state index contributed by atoms with van der Waals surface area (Å²) in [6.45, 7) is 4.28. The summed E-state index contributed by atoms with van der Waals surface area (Å²) in [5.74, 6) is -0.0555. The minimum Gasteiger partial charge on any atom is -0.355 e. The number of benzene rings is 2. The maximum atomic E-state index is 13.1. The summed E-state index contributed by atoms with van der Waals surface area (Å²) in [5, 5.41) is 3.21. The first-order valence-corrected chi connectivity index (χ1v) is 11.1. The van der Waals surface area contributed by atoms with Crippen molar-refractivity contribution in [3.8, 4) is 0 Å². The van der Waals surface area contributed by atoms with E-state index in [4.69, 9.17) is 11.6 Å². The Morgan fingerprint density at radius 1 is 1.11 bits per heavy atom. The van der Waals surface area contributed by atoms with E-state index in [1.807, 2.05) is 38.1 Å². The Hall–Kier alpha value is -1.41. The quantitative estimate of drug-likeness (QED) is 0.628. The highest BCUT2D eigenvalue weighted by molar-refractivity contribution is 9.10. The molecule has 0 spiro atoms. The molecule has 0 aromatic heterocycles. The number of nitrogens with one attached hydrogen (secondary N) is 1. The van der Waals surface area contributed by atoms with E-state index in [1.54, 1.807) is 0 Å². The molecule has 1 amide bonds. The third-order valence-corrected chi connectivity index (χ3v) is 6.34. The van der Waals surface area contributed by atoms with E-state index in [-0.39, 0.29) is 29.8 Å². The van der Waals surface area contributed by atoms with Gasteiger partial charge in [0.05, 0.1) is 11.4 Å². The summed E-state index contributed by atoms with van der Waals surface area (Å²) in [6, 6.07) is 13.2. The van der Waals surface area contributed by atoms with Crippen molar-refractivity contribution in [1.82, 2.24) is 9.62 Å². The Labute approximate surface area is 173 Å². The third kappa shape index (κ3) is 6.60. The molecule has 0 aliphatic carbocycles. The number of halogens is 2. The largest absolute Gasteiger partial charge is 0.355 e. The minimum absolute atomic E-state index is 0.0906. The fraction of sp³-hybridized carbons (Fsp3) is 0.316. The van der Waals surface area contributed by atoms with Gasteiger partial charge in [0.1, 0.15) is 0 Å². The Balaban J connectivity index is 2.28. The second kappa shape index (κ2) is 9.68. The van der Waals surface area contributed by atoms with Crippen molar-refractivity contribution in [1.29, 1.82) is 0 Å². The Bertz CT molecular complexity index is 869. The number of nitrogens with zero attached hydrogens (tertiary/aromatic N) is 1. The lowest BCUT2D eigenvalue weighted by Crippen LogP contribution is -2.41. The summed E-state index contributed by atoms with van der Waals surface area (Å²) in [5.41, 5.74) is 0.785. The molecule has 0 saturated heterocycles. The van der Waals surface area contributed by atoms with Gasteiger partial charge in [0.2, 0.25) is 15.9 Å². The molecule has 0 atom stereocenters. The van der Waals surface area contributed by atoms with E-state index in [0.29, 0.717) is 11.6 Å². The highest BCUT2D eigenvalue weighted by Gasteiger charge is 2.27.